The number of amides is 2. The molecule has 0 aliphatic carbocycles. The van der Waals surface area contributed by atoms with E-state index in [4.69, 9.17) is 9.47 Å². The number of alkyl carbamates (subject to hydrolysis) is 1. The Hall–Kier alpha value is -2.08. The van der Waals surface area contributed by atoms with Gasteiger partial charge < -0.3 is 19.7 Å². The second kappa shape index (κ2) is 10.7. The molecule has 0 bridgehead atoms. The molecule has 6 heteroatoms. The Bertz CT molecular complexity index is 535. The Labute approximate surface area is 149 Å². The third-order valence-electron chi connectivity index (χ3n) is 4.16. The van der Waals surface area contributed by atoms with Crippen LogP contribution in [-0.2, 0) is 20.9 Å². The number of hydrogen-bond donors (Lipinski definition) is 1. The summed E-state index contributed by atoms with van der Waals surface area (Å²) in [7, 11) is 0. The monoisotopic (exact) mass is 348 g/mol. The van der Waals surface area contributed by atoms with Gasteiger partial charge in [-0.3, -0.25) is 4.79 Å². The van der Waals surface area contributed by atoms with Crippen LogP contribution in [0.5, 0.6) is 0 Å². The molecule has 1 aliphatic heterocycles. The Morgan fingerprint density at radius 3 is 2.84 bits per heavy atom. The summed E-state index contributed by atoms with van der Waals surface area (Å²) in [6.45, 7) is 4.58. The number of nitrogens with one attached hydrogen (secondary N) is 1. The Balaban J connectivity index is 1.62. The van der Waals surface area contributed by atoms with E-state index in [0.29, 0.717) is 39.2 Å². The smallest absolute Gasteiger partial charge is 0.407 e. The van der Waals surface area contributed by atoms with Crippen LogP contribution in [0.25, 0.3) is 0 Å². The Morgan fingerprint density at radius 2 is 2.08 bits per heavy atom. The number of ether oxygens (including phenoxy) is 2. The summed E-state index contributed by atoms with van der Waals surface area (Å²) in [6.07, 6.45) is 2.55. The Morgan fingerprint density at radius 1 is 1.28 bits per heavy atom. The summed E-state index contributed by atoms with van der Waals surface area (Å²) in [5, 5.41) is 2.82. The third kappa shape index (κ3) is 7.13. The normalized spacial score (nSPS) is 17.2. The molecule has 0 spiro atoms. The molecule has 1 heterocycles. The van der Waals surface area contributed by atoms with Gasteiger partial charge in [0.25, 0.3) is 0 Å². The fourth-order valence-electron chi connectivity index (χ4n) is 2.91. The van der Waals surface area contributed by atoms with Gasteiger partial charge in [-0.25, -0.2) is 4.79 Å². The van der Waals surface area contributed by atoms with Crippen molar-refractivity contribution in [2.75, 3.05) is 26.3 Å². The van der Waals surface area contributed by atoms with Crippen molar-refractivity contribution in [1.82, 2.24) is 10.2 Å². The maximum Gasteiger partial charge on any atom is 0.407 e. The van der Waals surface area contributed by atoms with Crippen LogP contribution >= 0.6 is 0 Å². The number of carbonyl (C=O) groups excluding carboxylic acids is 2. The number of carbonyl (C=O) groups is 2. The molecule has 0 saturated carbocycles. The number of piperidine rings is 1. The molecule has 1 fully saturated rings. The first kappa shape index (κ1) is 19.2. The van der Waals surface area contributed by atoms with Gasteiger partial charge in [-0.1, -0.05) is 30.3 Å². The zero-order valence-corrected chi connectivity index (χ0v) is 14.9. The van der Waals surface area contributed by atoms with E-state index in [2.05, 4.69) is 5.32 Å². The van der Waals surface area contributed by atoms with Crippen molar-refractivity contribution in [1.29, 1.82) is 0 Å². The first-order valence-electron chi connectivity index (χ1n) is 9.01. The molecule has 0 radical (unpaired) electrons. The fraction of sp³-hybridized carbons (Fsp3) is 0.579. The minimum absolute atomic E-state index is 0.0221. The van der Waals surface area contributed by atoms with Gasteiger partial charge in [0.05, 0.1) is 13.2 Å². The molecule has 1 atom stereocenters. The molecule has 0 aromatic heterocycles. The first-order valence-corrected chi connectivity index (χ1v) is 9.01. The van der Waals surface area contributed by atoms with Gasteiger partial charge in [0, 0.05) is 32.2 Å². The largest absolute Gasteiger partial charge is 0.450 e. The van der Waals surface area contributed by atoms with Crippen molar-refractivity contribution in [3.63, 3.8) is 0 Å². The number of hydrogen-bond acceptors (Lipinski definition) is 4. The van der Waals surface area contributed by atoms with Crippen LogP contribution in [0, 0.1) is 0 Å². The van der Waals surface area contributed by atoms with E-state index in [1.807, 2.05) is 35.2 Å². The van der Waals surface area contributed by atoms with Crippen LogP contribution in [0.15, 0.2) is 30.3 Å². The molecule has 25 heavy (non-hydrogen) atoms. The standard InChI is InChI=1S/C19H28N2O4/c1-2-25-19(23)20-17-10-6-12-21(14-17)18(22)11-7-13-24-15-16-8-4-3-5-9-16/h3-5,8-9,17H,2,6-7,10-15H2,1H3,(H,20,23)/t17-/m1/s1. The summed E-state index contributed by atoms with van der Waals surface area (Å²) in [6, 6.07) is 9.97. The van der Waals surface area contributed by atoms with Crippen molar-refractivity contribution in [3.8, 4) is 0 Å². The summed E-state index contributed by atoms with van der Waals surface area (Å²) in [5.41, 5.74) is 1.14. The SMILES string of the molecule is CCOC(=O)N[C@@H]1CCCN(C(=O)CCCOCc2ccccc2)C1. The third-order valence-corrected chi connectivity index (χ3v) is 4.16. The fourth-order valence-corrected chi connectivity index (χ4v) is 2.91. The minimum Gasteiger partial charge on any atom is -0.450 e. The highest BCUT2D eigenvalue weighted by atomic mass is 16.5. The molecule has 1 saturated heterocycles. The van der Waals surface area contributed by atoms with Crippen LogP contribution in [0.4, 0.5) is 4.79 Å². The molecule has 1 aromatic rings. The van der Waals surface area contributed by atoms with Gasteiger partial charge in [-0.2, -0.15) is 0 Å². The highest BCUT2D eigenvalue weighted by Gasteiger charge is 2.24. The number of benzene rings is 1. The first-order chi connectivity index (χ1) is 12.2. The van der Waals surface area contributed by atoms with Crippen LogP contribution in [0.2, 0.25) is 0 Å². The van der Waals surface area contributed by atoms with Gasteiger partial charge in [-0.05, 0) is 31.7 Å². The molecule has 1 aliphatic rings. The van der Waals surface area contributed by atoms with Crippen LogP contribution < -0.4 is 5.32 Å². The number of rotatable bonds is 8. The number of likely N-dealkylation sites (tertiary alicyclic amines) is 1. The van der Waals surface area contributed by atoms with Crippen molar-refractivity contribution in [3.05, 3.63) is 35.9 Å². The average molecular weight is 348 g/mol. The molecular formula is C19H28N2O4. The van der Waals surface area contributed by atoms with Crippen LogP contribution in [0.3, 0.4) is 0 Å². The highest BCUT2D eigenvalue weighted by Crippen LogP contribution is 2.12. The van der Waals surface area contributed by atoms with E-state index in [0.717, 1.165) is 24.9 Å². The van der Waals surface area contributed by atoms with E-state index in [9.17, 15) is 9.59 Å². The van der Waals surface area contributed by atoms with Crippen molar-refractivity contribution in [2.24, 2.45) is 0 Å². The maximum absolute atomic E-state index is 12.3. The van der Waals surface area contributed by atoms with Crippen molar-refractivity contribution < 1.29 is 19.1 Å². The van der Waals surface area contributed by atoms with E-state index in [1.165, 1.54) is 0 Å². The quantitative estimate of drug-likeness (QED) is 0.734. The maximum atomic E-state index is 12.3. The van der Waals surface area contributed by atoms with Gasteiger partial charge >= 0.3 is 6.09 Å². The summed E-state index contributed by atoms with van der Waals surface area (Å²) < 4.78 is 10.5. The van der Waals surface area contributed by atoms with Crippen LogP contribution in [-0.4, -0.2) is 49.2 Å². The molecule has 1 aromatic carbocycles. The molecule has 0 unspecified atom stereocenters. The molecule has 138 valence electrons. The van der Waals surface area contributed by atoms with E-state index in [1.54, 1.807) is 6.92 Å². The highest BCUT2D eigenvalue weighted by molar-refractivity contribution is 5.76. The van der Waals surface area contributed by atoms with Crippen molar-refractivity contribution >= 4 is 12.0 Å². The Kier molecular flexibility index (Phi) is 8.25. The second-order valence-electron chi connectivity index (χ2n) is 6.19. The van der Waals surface area contributed by atoms with E-state index in [-0.39, 0.29) is 11.9 Å². The minimum atomic E-state index is -0.406. The zero-order valence-electron chi connectivity index (χ0n) is 14.9. The second-order valence-corrected chi connectivity index (χ2v) is 6.19. The topological polar surface area (TPSA) is 67.9 Å². The van der Waals surface area contributed by atoms with Gasteiger partial charge in [-0.15, -0.1) is 0 Å². The molecular weight excluding hydrogens is 320 g/mol. The van der Waals surface area contributed by atoms with Gasteiger partial charge in [0.1, 0.15) is 0 Å². The predicted molar refractivity (Wildman–Crippen MR) is 95.1 cm³/mol. The molecule has 6 nitrogen and oxygen atoms in total. The lowest BCUT2D eigenvalue weighted by Gasteiger charge is -2.33. The van der Waals surface area contributed by atoms with E-state index >= 15 is 0 Å². The summed E-state index contributed by atoms with van der Waals surface area (Å²) in [4.78, 5) is 25.6. The molecule has 2 amide bonds. The zero-order chi connectivity index (χ0) is 17.9. The van der Waals surface area contributed by atoms with E-state index < -0.39 is 6.09 Å². The summed E-state index contributed by atoms with van der Waals surface area (Å²) in [5.74, 6) is 0.124. The molecule has 1 N–H and O–H groups in total. The lowest BCUT2D eigenvalue weighted by Crippen LogP contribution is -2.49. The summed E-state index contributed by atoms with van der Waals surface area (Å²) >= 11 is 0. The van der Waals surface area contributed by atoms with Crippen LogP contribution in [0.1, 0.15) is 38.2 Å². The van der Waals surface area contributed by atoms with Gasteiger partial charge in [0.15, 0.2) is 0 Å². The molecule has 2 rings (SSSR count). The average Bonchev–Trinajstić information content (AvgIpc) is 2.62. The lowest BCUT2D eigenvalue weighted by atomic mass is 10.1. The predicted octanol–water partition coefficient (Wildman–Crippen LogP) is 2.72. The van der Waals surface area contributed by atoms with Gasteiger partial charge in [0.2, 0.25) is 5.91 Å². The lowest BCUT2D eigenvalue weighted by molar-refractivity contribution is -0.132. The van der Waals surface area contributed by atoms with Crippen molar-refractivity contribution in [2.45, 2.75) is 45.3 Å². The number of nitrogens with zero attached hydrogens (tertiary/aromatic N) is 1.